The predicted octanol–water partition coefficient (Wildman–Crippen LogP) is 1.16. The molecule has 3 heterocycles. The van der Waals surface area contributed by atoms with E-state index in [1.165, 1.54) is 18.9 Å². The lowest BCUT2D eigenvalue weighted by molar-refractivity contribution is -0.137. The number of ether oxygens (including phenoxy) is 1. The van der Waals surface area contributed by atoms with E-state index >= 15 is 0 Å². The van der Waals surface area contributed by atoms with Crippen LogP contribution in [0.5, 0.6) is 0 Å². The van der Waals surface area contributed by atoms with Gasteiger partial charge in [0.15, 0.2) is 5.17 Å². The Bertz CT molecular complexity index is 734. The zero-order valence-corrected chi connectivity index (χ0v) is 13.6. The molecule has 22 heavy (non-hydrogen) atoms. The summed E-state index contributed by atoms with van der Waals surface area (Å²) in [5.41, 5.74) is 2.67. The van der Waals surface area contributed by atoms with Gasteiger partial charge in [-0.25, -0.2) is 9.79 Å². The molecule has 1 fully saturated rings. The fourth-order valence-corrected chi connectivity index (χ4v) is 3.63. The molecule has 2 aliphatic rings. The van der Waals surface area contributed by atoms with Gasteiger partial charge in [0.05, 0.1) is 30.3 Å². The van der Waals surface area contributed by atoms with Crippen LogP contribution >= 0.6 is 11.8 Å². The number of thioether (sulfide) groups is 1. The highest BCUT2D eigenvalue weighted by Crippen LogP contribution is 2.41. The number of hydrogen-bond donors (Lipinski definition) is 0. The highest BCUT2D eigenvalue weighted by Gasteiger charge is 2.44. The Hall–Kier alpha value is -2.09. The summed E-state index contributed by atoms with van der Waals surface area (Å²) in [5, 5.41) is 4.86. The van der Waals surface area contributed by atoms with Crippen LogP contribution in [-0.2, 0) is 21.4 Å². The van der Waals surface area contributed by atoms with Crippen LogP contribution in [0.15, 0.2) is 22.5 Å². The Morgan fingerprint density at radius 2 is 2.18 bits per heavy atom. The highest BCUT2D eigenvalue weighted by molar-refractivity contribution is 8.15. The zero-order chi connectivity index (χ0) is 16.0. The average molecular weight is 320 g/mol. The Kier molecular flexibility index (Phi) is 3.56. The molecular formula is C14H16N4O3S. The largest absolute Gasteiger partial charge is 0.466 e. The highest BCUT2D eigenvalue weighted by atomic mass is 32.2. The Labute approximate surface area is 132 Å². The molecular weight excluding hydrogens is 304 g/mol. The predicted molar refractivity (Wildman–Crippen MR) is 82.1 cm³/mol. The fraction of sp³-hybridized carbons (Fsp3) is 0.429. The topological polar surface area (TPSA) is 76.8 Å². The van der Waals surface area contributed by atoms with E-state index in [-0.39, 0.29) is 5.91 Å². The molecule has 1 atom stereocenters. The van der Waals surface area contributed by atoms with Gasteiger partial charge in [-0.15, -0.1) is 0 Å². The van der Waals surface area contributed by atoms with Crippen molar-refractivity contribution in [2.75, 3.05) is 12.9 Å². The molecule has 116 valence electrons. The number of methoxy groups -OCH3 is 1. The van der Waals surface area contributed by atoms with Crippen molar-refractivity contribution in [3.05, 3.63) is 28.7 Å². The van der Waals surface area contributed by atoms with E-state index in [0.717, 1.165) is 11.3 Å². The third-order valence-corrected chi connectivity index (χ3v) is 4.89. The number of amidine groups is 1. The first-order valence-corrected chi connectivity index (χ1v) is 7.75. The molecule has 1 aromatic heterocycles. The van der Waals surface area contributed by atoms with Crippen LogP contribution in [0.1, 0.15) is 24.2 Å². The van der Waals surface area contributed by atoms with Crippen molar-refractivity contribution in [2.24, 2.45) is 12.0 Å². The van der Waals surface area contributed by atoms with Gasteiger partial charge in [-0.1, -0.05) is 11.8 Å². The first-order chi connectivity index (χ1) is 10.5. The van der Waals surface area contributed by atoms with Gasteiger partial charge in [-0.05, 0) is 13.8 Å². The number of aromatic nitrogens is 2. The van der Waals surface area contributed by atoms with Gasteiger partial charge in [-0.3, -0.25) is 14.4 Å². The average Bonchev–Trinajstić information content (AvgIpc) is 3.01. The SMILES string of the molecule is COC(=O)C1=C(C)N=C2SCC(=O)N2[C@@H]1c1cnn(C)c1C. The minimum Gasteiger partial charge on any atom is -0.466 e. The van der Waals surface area contributed by atoms with Gasteiger partial charge in [-0.2, -0.15) is 5.10 Å². The van der Waals surface area contributed by atoms with Crippen LogP contribution in [0.2, 0.25) is 0 Å². The fourth-order valence-electron chi connectivity index (χ4n) is 2.69. The number of aryl methyl sites for hydroxylation is 1. The summed E-state index contributed by atoms with van der Waals surface area (Å²) < 4.78 is 6.63. The molecule has 1 amide bonds. The summed E-state index contributed by atoms with van der Waals surface area (Å²) >= 11 is 1.38. The van der Waals surface area contributed by atoms with E-state index in [2.05, 4.69) is 10.1 Å². The Morgan fingerprint density at radius 3 is 2.77 bits per heavy atom. The van der Waals surface area contributed by atoms with Crippen molar-refractivity contribution >= 4 is 28.8 Å². The second kappa shape index (κ2) is 5.28. The molecule has 0 aliphatic carbocycles. The van der Waals surface area contributed by atoms with E-state index in [0.29, 0.717) is 22.2 Å². The molecule has 0 saturated carbocycles. The van der Waals surface area contributed by atoms with Crippen molar-refractivity contribution < 1.29 is 14.3 Å². The van der Waals surface area contributed by atoms with E-state index in [9.17, 15) is 9.59 Å². The first-order valence-electron chi connectivity index (χ1n) is 6.76. The molecule has 0 aromatic carbocycles. The third kappa shape index (κ3) is 2.06. The Balaban J connectivity index is 2.21. The van der Waals surface area contributed by atoms with Gasteiger partial charge >= 0.3 is 5.97 Å². The summed E-state index contributed by atoms with van der Waals surface area (Å²) in [7, 11) is 3.15. The number of esters is 1. The third-order valence-electron chi connectivity index (χ3n) is 3.96. The molecule has 0 spiro atoms. The lowest BCUT2D eigenvalue weighted by Gasteiger charge is -2.32. The van der Waals surface area contributed by atoms with E-state index in [1.54, 1.807) is 22.7 Å². The molecule has 0 N–H and O–H groups in total. The maximum absolute atomic E-state index is 12.3. The smallest absolute Gasteiger partial charge is 0.338 e. The number of nitrogens with zero attached hydrogens (tertiary/aromatic N) is 4. The van der Waals surface area contributed by atoms with Crippen LogP contribution < -0.4 is 0 Å². The summed E-state index contributed by atoms with van der Waals surface area (Å²) in [6.45, 7) is 3.67. The van der Waals surface area contributed by atoms with E-state index in [4.69, 9.17) is 4.74 Å². The number of carbonyl (C=O) groups is 2. The zero-order valence-electron chi connectivity index (χ0n) is 12.8. The first kappa shape index (κ1) is 14.8. The molecule has 7 nitrogen and oxygen atoms in total. The number of fused-ring (bicyclic) bond motifs is 1. The normalized spacial score (nSPS) is 21.1. The minimum atomic E-state index is -0.531. The van der Waals surface area contributed by atoms with Gasteiger partial charge < -0.3 is 4.74 Å². The molecule has 2 aliphatic heterocycles. The van der Waals surface area contributed by atoms with Gasteiger partial charge in [0, 0.05) is 18.3 Å². The van der Waals surface area contributed by atoms with Crippen LogP contribution in [-0.4, -0.2) is 44.6 Å². The molecule has 0 unspecified atom stereocenters. The molecule has 8 heteroatoms. The monoisotopic (exact) mass is 320 g/mol. The van der Waals surface area contributed by atoms with E-state index < -0.39 is 12.0 Å². The molecule has 0 radical (unpaired) electrons. The maximum atomic E-state index is 12.3. The lowest BCUT2D eigenvalue weighted by atomic mass is 9.95. The minimum absolute atomic E-state index is 0.0640. The molecule has 1 saturated heterocycles. The number of rotatable bonds is 2. The maximum Gasteiger partial charge on any atom is 0.338 e. The van der Waals surface area contributed by atoms with Gasteiger partial charge in [0.1, 0.15) is 6.04 Å². The summed E-state index contributed by atoms with van der Waals surface area (Å²) in [5.74, 6) is -0.208. The van der Waals surface area contributed by atoms with Crippen LogP contribution in [0.3, 0.4) is 0 Å². The second-order valence-electron chi connectivity index (χ2n) is 5.15. The van der Waals surface area contributed by atoms with E-state index in [1.807, 2.05) is 14.0 Å². The van der Waals surface area contributed by atoms with Crippen LogP contribution in [0.25, 0.3) is 0 Å². The van der Waals surface area contributed by atoms with Crippen molar-refractivity contribution in [3.8, 4) is 0 Å². The van der Waals surface area contributed by atoms with Crippen molar-refractivity contribution in [1.29, 1.82) is 0 Å². The van der Waals surface area contributed by atoms with Crippen LogP contribution in [0.4, 0.5) is 0 Å². The standard InChI is InChI=1S/C14H16N4O3S/c1-7-11(13(20)21-4)12(9-5-15-17(3)8(9)2)18-10(19)6-22-14(18)16-7/h5,12H,6H2,1-4H3/t12-/m1/s1. The number of amides is 1. The quantitative estimate of drug-likeness (QED) is 0.764. The van der Waals surface area contributed by atoms with Crippen molar-refractivity contribution in [2.45, 2.75) is 19.9 Å². The number of aliphatic imine (C=N–C) groups is 1. The lowest BCUT2D eigenvalue weighted by Crippen LogP contribution is -2.39. The molecule has 0 bridgehead atoms. The summed E-state index contributed by atoms with van der Waals surface area (Å²) in [6.07, 6.45) is 1.69. The van der Waals surface area contributed by atoms with Crippen molar-refractivity contribution in [1.82, 2.24) is 14.7 Å². The summed E-state index contributed by atoms with van der Waals surface area (Å²) in [6, 6.07) is -0.531. The number of allylic oxidation sites excluding steroid dienone is 1. The van der Waals surface area contributed by atoms with Gasteiger partial charge in [0.25, 0.3) is 0 Å². The van der Waals surface area contributed by atoms with Gasteiger partial charge in [0.2, 0.25) is 5.91 Å². The molecule has 3 rings (SSSR count). The van der Waals surface area contributed by atoms with Crippen molar-refractivity contribution in [3.63, 3.8) is 0 Å². The van der Waals surface area contributed by atoms with Crippen LogP contribution in [0, 0.1) is 6.92 Å². The second-order valence-corrected chi connectivity index (χ2v) is 6.09. The molecule has 1 aromatic rings. The Morgan fingerprint density at radius 1 is 1.45 bits per heavy atom. The number of hydrogen-bond acceptors (Lipinski definition) is 6. The number of carbonyl (C=O) groups excluding carboxylic acids is 2. The summed E-state index contributed by atoms with van der Waals surface area (Å²) in [4.78, 5) is 30.5.